The third-order valence-corrected chi connectivity index (χ3v) is 4.94. The lowest BCUT2D eigenvalue weighted by atomic mass is 10.0. The number of rotatable bonds is 9. The van der Waals surface area contributed by atoms with E-state index in [-0.39, 0.29) is 18.6 Å². The van der Waals surface area contributed by atoms with Crippen molar-refractivity contribution in [2.24, 2.45) is 5.92 Å². The maximum absolute atomic E-state index is 12.3. The molecule has 29 heavy (non-hydrogen) atoms. The Morgan fingerprint density at radius 1 is 1.17 bits per heavy atom. The molecule has 2 aromatic carbocycles. The van der Waals surface area contributed by atoms with E-state index in [1.165, 1.54) is 5.56 Å². The Balaban J connectivity index is 1.45. The first-order valence-electron chi connectivity index (χ1n) is 10.5. The molecular formula is C24H32N2O3. The lowest BCUT2D eigenvalue weighted by Crippen LogP contribution is -2.48. The SMILES string of the molecule is CC(C)CN1CCOC(CNC(=O)COc2ccccc2Cc2ccccc2)C1. The number of benzene rings is 2. The van der Waals surface area contributed by atoms with Crippen molar-refractivity contribution in [3.63, 3.8) is 0 Å². The molecule has 0 saturated carbocycles. The van der Waals surface area contributed by atoms with E-state index in [9.17, 15) is 4.79 Å². The van der Waals surface area contributed by atoms with Crippen molar-refractivity contribution in [1.29, 1.82) is 0 Å². The highest BCUT2D eigenvalue weighted by Gasteiger charge is 2.21. The van der Waals surface area contributed by atoms with Gasteiger partial charge in [-0.25, -0.2) is 0 Å². The van der Waals surface area contributed by atoms with E-state index < -0.39 is 0 Å². The van der Waals surface area contributed by atoms with Crippen molar-refractivity contribution in [2.45, 2.75) is 26.4 Å². The highest BCUT2D eigenvalue weighted by Crippen LogP contribution is 2.21. The van der Waals surface area contributed by atoms with Crippen molar-refractivity contribution < 1.29 is 14.3 Å². The molecule has 0 aromatic heterocycles. The summed E-state index contributed by atoms with van der Waals surface area (Å²) in [6.45, 7) is 8.57. The third-order valence-electron chi connectivity index (χ3n) is 4.94. The predicted molar refractivity (Wildman–Crippen MR) is 115 cm³/mol. The van der Waals surface area contributed by atoms with Gasteiger partial charge in [-0.05, 0) is 23.1 Å². The van der Waals surface area contributed by atoms with E-state index in [4.69, 9.17) is 9.47 Å². The number of hydrogen-bond donors (Lipinski definition) is 1. The molecule has 2 aromatic rings. The van der Waals surface area contributed by atoms with E-state index >= 15 is 0 Å². The van der Waals surface area contributed by atoms with Gasteiger partial charge in [0.15, 0.2) is 6.61 Å². The van der Waals surface area contributed by atoms with Crippen LogP contribution < -0.4 is 10.1 Å². The number of nitrogens with zero attached hydrogens (tertiary/aromatic N) is 1. The molecule has 5 heteroatoms. The van der Waals surface area contributed by atoms with E-state index in [0.717, 1.165) is 44.0 Å². The number of carbonyl (C=O) groups is 1. The average molecular weight is 397 g/mol. The van der Waals surface area contributed by atoms with Crippen molar-refractivity contribution in [3.8, 4) is 5.75 Å². The van der Waals surface area contributed by atoms with Gasteiger partial charge in [-0.3, -0.25) is 9.69 Å². The summed E-state index contributed by atoms with van der Waals surface area (Å²) in [5, 5.41) is 2.95. The normalized spacial score (nSPS) is 17.3. The van der Waals surface area contributed by atoms with Gasteiger partial charge in [0.1, 0.15) is 5.75 Å². The first-order chi connectivity index (χ1) is 14.1. The third kappa shape index (κ3) is 7.18. The molecule has 1 N–H and O–H groups in total. The Hall–Kier alpha value is -2.37. The molecule has 0 spiro atoms. The molecule has 1 aliphatic heterocycles. The summed E-state index contributed by atoms with van der Waals surface area (Å²) >= 11 is 0. The fourth-order valence-corrected chi connectivity index (χ4v) is 3.61. The summed E-state index contributed by atoms with van der Waals surface area (Å²) in [6.07, 6.45) is 0.817. The predicted octanol–water partition coefficient (Wildman–Crippen LogP) is 3.13. The molecule has 1 atom stereocenters. The summed E-state index contributed by atoms with van der Waals surface area (Å²) < 4.78 is 11.6. The van der Waals surface area contributed by atoms with E-state index in [0.29, 0.717) is 12.5 Å². The lowest BCUT2D eigenvalue weighted by molar-refractivity contribution is -0.124. The molecule has 1 unspecified atom stereocenters. The first-order valence-corrected chi connectivity index (χ1v) is 10.5. The smallest absolute Gasteiger partial charge is 0.258 e. The van der Waals surface area contributed by atoms with Crippen LogP contribution in [0.25, 0.3) is 0 Å². The van der Waals surface area contributed by atoms with Crippen LogP contribution in [0.1, 0.15) is 25.0 Å². The molecular weight excluding hydrogens is 364 g/mol. The zero-order valence-corrected chi connectivity index (χ0v) is 17.5. The highest BCUT2D eigenvalue weighted by atomic mass is 16.5. The van der Waals surface area contributed by atoms with Crippen LogP contribution in [0.5, 0.6) is 5.75 Å². The van der Waals surface area contributed by atoms with Gasteiger partial charge < -0.3 is 14.8 Å². The molecule has 1 aliphatic rings. The van der Waals surface area contributed by atoms with Crippen LogP contribution in [0.4, 0.5) is 0 Å². The van der Waals surface area contributed by atoms with Gasteiger partial charge in [0.05, 0.1) is 12.7 Å². The molecule has 1 fully saturated rings. The van der Waals surface area contributed by atoms with Crippen LogP contribution in [-0.4, -0.2) is 56.3 Å². The number of para-hydroxylation sites is 1. The van der Waals surface area contributed by atoms with Crippen LogP contribution in [0, 0.1) is 5.92 Å². The standard InChI is InChI=1S/C24H32N2O3/c1-19(2)16-26-12-13-28-22(17-26)15-25-24(27)18-29-23-11-7-6-10-21(23)14-20-8-4-3-5-9-20/h3-11,19,22H,12-18H2,1-2H3,(H,25,27). The van der Waals surface area contributed by atoms with Crippen LogP contribution in [-0.2, 0) is 16.0 Å². The van der Waals surface area contributed by atoms with Crippen molar-refractivity contribution in [2.75, 3.05) is 39.4 Å². The summed E-state index contributed by atoms with van der Waals surface area (Å²) in [4.78, 5) is 14.7. The van der Waals surface area contributed by atoms with Crippen molar-refractivity contribution >= 4 is 5.91 Å². The molecule has 1 heterocycles. The zero-order chi connectivity index (χ0) is 20.5. The summed E-state index contributed by atoms with van der Waals surface area (Å²) in [6, 6.07) is 18.1. The van der Waals surface area contributed by atoms with E-state index in [2.05, 4.69) is 36.2 Å². The van der Waals surface area contributed by atoms with E-state index in [1.807, 2.05) is 42.5 Å². The van der Waals surface area contributed by atoms with Crippen LogP contribution in [0.15, 0.2) is 54.6 Å². The highest BCUT2D eigenvalue weighted by molar-refractivity contribution is 5.77. The van der Waals surface area contributed by atoms with Gasteiger partial charge in [0.25, 0.3) is 5.91 Å². The van der Waals surface area contributed by atoms with Gasteiger partial charge >= 0.3 is 0 Å². The quantitative estimate of drug-likeness (QED) is 0.708. The monoisotopic (exact) mass is 396 g/mol. The Morgan fingerprint density at radius 2 is 1.93 bits per heavy atom. The number of nitrogens with one attached hydrogen (secondary N) is 1. The second-order valence-electron chi connectivity index (χ2n) is 8.01. The molecule has 5 nitrogen and oxygen atoms in total. The molecule has 0 bridgehead atoms. The maximum atomic E-state index is 12.3. The number of carbonyl (C=O) groups excluding carboxylic acids is 1. The minimum absolute atomic E-state index is 0.00817. The Labute approximate surface area is 174 Å². The van der Waals surface area contributed by atoms with Crippen LogP contribution >= 0.6 is 0 Å². The fourth-order valence-electron chi connectivity index (χ4n) is 3.61. The fraction of sp³-hybridized carbons (Fsp3) is 0.458. The second-order valence-corrected chi connectivity index (χ2v) is 8.01. The number of morpholine rings is 1. The van der Waals surface area contributed by atoms with E-state index in [1.54, 1.807) is 0 Å². The van der Waals surface area contributed by atoms with Crippen LogP contribution in [0.3, 0.4) is 0 Å². The maximum Gasteiger partial charge on any atom is 0.258 e. The summed E-state index contributed by atoms with van der Waals surface area (Å²) in [5.41, 5.74) is 2.29. The first kappa shape index (κ1) is 21.3. The lowest BCUT2D eigenvalue weighted by Gasteiger charge is -2.33. The van der Waals surface area contributed by atoms with Gasteiger partial charge in [-0.2, -0.15) is 0 Å². The Bertz CT molecular complexity index is 764. The molecule has 156 valence electrons. The minimum atomic E-state index is -0.121. The molecule has 1 saturated heterocycles. The van der Waals surface area contributed by atoms with Crippen molar-refractivity contribution in [3.05, 3.63) is 65.7 Å². The van der Waals surface area contributed by atoms with Crippen molar-refractivity contribution in [1.82, 2.24) is 10.2 Å². The topological polar surface area (TPSA) is 50.8 Å². The summed E-state index contributed by atoms with van der Waals surface area (Å²) in [7, 11) is 0. The Kier molecular flexibility index (Phi) is 8.08. The molecule has 3 rings (SSSR count). The van der Waals surface area contributed by atoms with Gasteiger partial charge in [0.2, 0.25) is 0 Å². The van der Waals surface area contributed by atoms with Crippen LogP contribution in [0.2, 0.25) is 0 Å². The molecule has 0 radical (unpaired) electrons. The summed E-state index contributed by atoms with van der Waals surface area (Å²) in [5.74, 6) is 1.26. The molecule has 1 amide bonds. The molecule has 0 aliphatic carbocycles. The number of hydrogen-bond acceptors (Lipinski definition) is 4. The number of amides is 1. The average Bonchev–Trinajstić information content (AvgIpc) is 2.72. The largest absolute Gasteiger partial charge is 0.483 e. The number of ether oxygens (including phenoxy) is 2. The second kappa shape index (κ2) is 11.0. The minimum Gasteiger partial charge on any atom is -0.483 e. The Morgan fingerprint density at radius 3 is 2.72 bits per heavy atom. The van der Waals surface area contributed by atoms with Gasteiger partial charge in [-0.1, -0.05) is 62.4 Å². The van der Waals surface area contributed by atoms with Gasteiger partial charge in [-0.15, -0.1) is 0 Å². The van der Waals surface area contributed by atoms with Gasteiger partial charge in [0, 0.05) is 32.6 Å². The zero-order valence-electron chi connectivity index (χ0n) is 17.5.